The number of anilines is 3. The lowest BCUT2D eigenvalue weighted by molar-refractivity contribution is 0.195. The number of fused-ring (bicyclic) bond motifs is 2. The van der Waals surface area contributed by atoms with Crippen molar-refractivity contribution < 1.29 is 9.84 Å². The van der Waals surface area contributed by atoms with Crippen LogP contribution in [0.4, 0.5) is 17.1 Å². The van der Waals surface area contributed by atoms with Crippen LogP contribution in [0.25, 0.3) is 0 Å². The smallest absolute Gasteiger partial charge is 0.141 e. The second kappa shape index (κ2) is 7.94. The molecule has 0 radical (unpaired) electrons. The summed E-state index contributed by atoms with van der Waals surface area (Å²) in [7, 11) is 1.65. The topological polar surface area (TPSA) is 44.7 Å². The van der Waals surface area contributed by atoms with E-state index in [-0.39, 0.29) is 0 Å². The van der Waals surface area contributed by atoms with E-state index < -0.39 is 6.10 Å². The predicted molar refractivity (Wildman–Crippen MR) is 112 cm³/mol. The number of aliphatic hydroxyl groups is 1. The molecule has 138 valence electrons. The van der Waals surface area contributed by atoms with Crippen molar-refractivity contribution in [2.45, 2.75) is 15.9 Å². The predicted octanol–water partition coefficient (Wildman–Crippen LogP) is 4.77. The van der Waals surface area contributed by atoms with Crippen LogP contribution in [0.2, 0.25) is 0 Å². The number of β-amino-alcohol motifs (C(OH)–C–C–N with tert-alkyl or cyclic N) is 1. The van der Waals surface area contributed by atoms with E-state index in [1.165, 1.54) is 9.79 Å². The number of ether oxygens (including phenoxy) is 1. The lowest BCUT2D eigenvalue weighted by atomic mass is 10.2. The molecule has 5 heteroatoms. The van der Waals surface area contributed by atoms with Crippen LogP contribution in [0.3, 0.4) is 0 Å². The summed E-state index contributed by atoms with van der Waals surface area (Å²) in [5.74, 6) is 0.773. The van der Waals surface area contributed by atoms with Crippen molar-refractivity contribution in [3.8, 4) is 5.75 Å². The summed E-state index contributed by atoms with van der Waals surface area (Å²) in [5, 5.41) is 14.0. The Balaban J connectivity index is 1.52. The lowest BCUT2D eigenvalue weighted by Gasteiger charge is -2.34. The summed E-state index contributed by atoms with van der Waals surface area (Å²) in [5.41, 5.74) is 3.16. The second-order valence-electron chi connectivity index (χ2n) is 6.38. The van der Waals surface area contributed by atoms with Crippen LogP contribution >= 0.6 is 11.8 Å². The number of methoxy groups -OCH3 is 1. The number of hydrogen-bond donors (Lipinski definition) is 2. The van der Waals surface area contributed by atoms with Gasteiger partial charge in [0.25, 0.3) is 0 Å². The van der Waals surface area contributed by atoms with Crippen LogP contribution < -0.4 is 15.0 Å². The van der Waals surface area contributed by atoms with Gasteiger partial charge in [0, 0.05) is 16.3 Å². The Morgan fingerprint density at radius 1 is 0.926 bits per heavy atom. The molecule has 0 aromatic heterocycles. The molecule has 0 amide bonds. The van der Waals surface area contributed by atoms with Gasteiger partial charge >= 0.3 is 0 Å². The first-order valence-electron chi connectivity index (χ1n) is 8.94. The van der Waals surface area contributed by atoms with Crippen molar-refractivity contribution in [3.63, 3.8) is 0 Å². The highest BCUT2D eigenvalue weighted by atomic mass is 32.2. The van der Waals surface area contributed by atoms with Crippen LogP contribution in [0.15, 0.2) is 82.6 Å². The van der Waals surface area contributed by atoms with Crippen molar-refractivity contribution in [2.75, 3.05) is 30.4 Å². The average molecular weight is 378 g/mol. The van der Waals surface area contributed by atoms with Gasteiger partial charge in [-0.2, -0.15) is 0 Å². The van der Waals surface area contributed by atoms with Crippen molar-refractivity contribution >= 4 is 28.8 Å². The molecule has 2 N–H and O–H groups in total. The number of aliphatic hydroxyl groups excluding tert-OH is 1. The fourth-order valence-corrected chi connectivity index (χ4v) is 4.37. The molecule has 0 saturated heterocycles. The van der Waals surface area contributed by atoms with Gasteiger partial charge in [-0.15, -0.1) is 0 Å². The highest BCUT2D eigenvalue weighted by molar-refractivity contribution is 7.99. The van der Waals surface area contributed by atoms with E-state index in [2.05, 4.69) is 46.6 Å². The maximum absolute atomic E-state index is 10.7. The van der Waals surface area contributed by atoms with Crippen LogP contribution in [-0.2, 0) is 0 Å². The fraction of sp³-hybridized carbons (Fsp3) is 0.182. The quantitative estimate of drug-likeness (QED) is 0.647. The minimum atomic E-state index is -0.542. The van der Waals surface area contributed by atoms with E-state index in [1.54, 1.807) is 18.9 Å². The van der Waals surface area contributed by atoms with Crippen LogP contribution in [-0.4, -0.2) is 31.4 Å². The van der Waals surface area contributed by atoms with E-state index in [1.807, 2.05) is 36.4 Å². The Morgan fingerprint density at radius 2 is 1.52 bits per heavy atom. The summed E-state index contributed by atoms with van der Waals surface area (Å²) in [6, 6.07) is 24.4. The number of benzene rings is 3. The van der Waals surface area contributed by atoms with Crippen LogP contribution in [0.1, 0.15) is 0 Å². The largest absolute Gasteiger partial charge is 0.495 e. The van der Waals surface area contributed by atoms with E-state index in [0.717, 1.165) is 22.8 Å². The fourth-order valence-electron chi connectivity index (χ4n) is 3.27. The first-order chi connectivity index (χ1) is 13.3. The molecule has 4 nitrogen and oxygen atoms in total. The number of para-hydroxylation sites is 4. The summed E-state index contributed by atoms with van der Waals surface area (Å²) in [6.45, 7) is 0.949. The Kier molecular flexibility index (Phi) is 5.23. The SMILES string of the molecule is COc1ccccc1NC[C@@H](O)CN1c2ccccc2Sc2ccccc21. The van der Waals surface area contributed by atoms with Crippen molar-refractivity contribution in [1.82, 2.24) is 0 Å². The van der Waals surface area contributed by atoms with Crippen molar-refractivity contribution in [2.24, 2.45) is 0 Å². The van der Waals surface area contributed by atoms with Gasteiger partial charge in [-0.05, 0) is 36.4 Å². The van der Waals surface area contributed by atoms with Gasteiger partial charge in [0.1, 0.15) is 5.75 Å². The van der Waals surface area contributed by atoms with Gasteiger partial charge in [0.05, 0.1) is 36.8 Å². The third-order valence-corrected chi connectivity index (χ3v) is 5.69. The molecular formula is C22H22N2O2S. The third-order valence-electron chi connectivity index (χ3n) is 4.56. The first kappa shape index (κ1) is 17.8. The molecule has 0 unspecified atom stereocenters. The summed E-state index contributed by atoms with van der Waals surface area (Å²) in [4.78, 5) is 4.62. The Bertz CT molecular complexity index is 886. The van der Waals surface area contributed by atoms with Gasteiger partial charge in [-0.1, -0.05) is 48.2 Å². The molecular weight excluding hydrogens is 356 g/mol. The monoisotopic (exact) mass is 378 g/mol. The van der Waals surface area contributed by atoms with E-state index in [0.29, 0.717) is 13.1 Å². The van der Waals surface area contributed by atoms with Crippen LogP contribution in [0, 0.1) is 0 Å². The molecule has 4 rings (SSSR count). The highest BCUT2D eigenvalue weighted by Gasteiger charge is 2.24. The zero-order valence-electron chi connectivity index (χ0n) is 15.1. The molecule has 0 spiro atoms. The Hall–Kier alpha value is -2.63. The van der Waals surface area contributed by atoms with Gasteiger partial charge in [-0.3, -0.25) is 0 Å². The highest BCUT2D eigenvalue weighted by Crippen LogP contribution is 2.47. The van der Waals surface area contributed by atoms with Crippen molar-refractivity contribution in [1.29, 1.82) is 0 Å². The molecule has 0 saturated carbocycles. The average Bonchev–Trinajstić information content (AvgIpc) is 2.72. The summed E-state index contributed by atoms with van der Waals surface area (Å²) >= 11 is 1.77. The number of hydrogen-bond acceptors (Lipinski definition) is 5. The summed E-state index contributed by atoms with van der Waals surface area (Å²) < 4.78 is 5.36. The minimum Gasteiger partial charge on any atom is -0.495 e. The Labute approximate surface area is 163 Å². The van der Waals surface area contributed by atoms with E-state index in [4.69, 9.17) is 4.74 Å². The lowest BCUT2D eigenvalue weighted by Crippen LogP contribution is -2.34. The molecule has 1 aliphatic rings. The normalized spacial score (nSPS) is 13.5. The molecule has 0 aliphatic carbocycles. The van der Waals surface area contributed by atoms with Gasteiger partial charge in [-0.25, -0.2) is 0 Å². The molecule has 1 atom stereocenters. The number of rotatable bonds is 6. The molecule has 27 heavy (non-hydrogen) atoms. The summed E-state index contributed by atoms with van der Waals surface area (Å²) in [6.07, 6.45) is -0.542. The van der Waals surface area contributed by atoms with Gasteiger partial charge in [0.2, 0.25) is 0 Å². The minimum absolute atomic E-state index is 0.439. The van der Waals surface area contributed by atoms with Crippen LogP contribution in [0.5, 0.6) is 5.75 Å². The van der Waals surface area contributed by atoms with E-state index in [9.17, 15) is 5.11 Å². The maximum atomic E-state index is 10.7. The molecule has 0 bridgehead atoms. The molecule has 3 aromatic carbocycles. The van der Waals surface area contributed by atoms with Crippen molar-refractivity contribution in [3.05, 3.63) is 72.8 Å². The molecule has 1 heterocycles. The Morgan fingerprint density at radius 3 is 2.19 bits per heavy atom. The maximum Gasteiger partial charge on any atom is 0.141 e. The second-order valence-corrected chi connectivity index (χ2v) is 7.47. The molecule has 1 aliphatic heterocycles. The van der Waals surface area contributed by atoms with Gasteiger partial charge in [0.15, 0.2) is 0 Å². The van der Waals surface area contributed by atoms with Gasteiger partial charge < -0.3 is 20.1 Å². The molecule has 0 fully saturated rings. The first-order valence-corrected chi connectivity index (χ1v) is 9.76. The third kappa shape index (κ3) is 3.75. The number of nitrogens with zero attached hydrogens (tertiary/aromatic N) is 1. The van der Waals surface area contributed by atoms with E-state index >= 15 is 0 Å². The zero-order valence-corrected chi connectivity index (χ0v) is 15.9. The number of nitrogens with one attached hydrogen (secondary N) is 1. The standard InChI is InChI=1S/C22H22N2O2S/c1-26-20-11-5-2-8-17(20)23-14-16(25)15-24-18-9-3-6-12-21(18)27-22-13-7-4-10-19(22)24/h2-13,16,23,25H,14-15H2,1H3/t16-/m1/s1. The molecule has 3 aromatic rings. The zero-order chi connectivity index (χ0) is 18.6.